The van der Waals surface area contributed by atoms with Crippen LogP contribution in [0.4, 0.5) is 0 Å². The van der Waals surface area contributed by atoms with E-state index in [1.54, 1.807) is 24.3 Å². The third-order valence-electron chi connectivity index (χ3n) is 4.43. The first-order valence-corrected chi connectivity index (χ1v) is 10.3. The highest BCUT2D eigenvalue weighted by Crippen LogP contribution is 2.20. The fourth-order valence-electron chi connectivity index (χ4n) is 2.92. The molecule has 1 saturated carbocycles. The Kier molecular flexibility index (Phi) is 7.59. The minimum absolute atomic E-state index is 0.0416. The summed E-state index contributed by atoms with van der Waals surface area (Å²) in [6.07, 6.45) is 4.66. The van der Waals surface area contributed by atoms with Gasteiger partial charge in [0.05, 0.1) is 18.4 Å². The van der Waals surface area contributed by atoms with E-state index >= 15 is 0 Å². The van der Waals surface area contributed by atoms with Crippen LogP contribution in [0.15, 0.2) is 29.2 Å². The highest BCUT2D eigenvalue weighted by atomic mass is 32.2. The number of nitrogens with one attached hydrogen (secondary N) is 2. The van der Waals surface area contributed by atoms with Crippen LogP contribution >= 0.6 is 0 Å². The highest BCUT2D eigenvalue weighted by Gasteiger charge is 2.22. The average Bonchev–Trinajstić information content (AvgIpc) is 3.12. The molecule has 1 amide bonds. The number of benzene rings is 1. The summed E-state index contributed by atoms with van der Waals surface area (Å²) < 4.78 is 31.9. The van der Waals surface area contributed by atoms with Crippen molar-refractivity contribution in [3.05, 3.63) is 29.8 Å². The van der Waals surface area contributed by atoms with Crippen LogP contribution in [-0.2, 0) is 30.8 Å². The monoisotopic (exact) mass is 382 g/mol. The molecule has 0 aliphatic heterocycles. The van der Waals surface area contributed by atoms with Gasteiger partial charge in [0.25, 0.3) is 0 Å². The van der Waals surface area contributed by atoms with Gasteiger partial charge in [0, 0.05) is 19.0 Å². The topological polar surface area (TPSA) is 102 Å². The van der Waals surface area contributed by atoms with Gasteiger partial charge in [-0.25, -0.2) is 13.1 Å². The molecule has 0 heterocycles. The molecule has 1 fully saturated rings. The molecule has 0 spiro atoms. The average molecular weight is 382 g/mol. The number of hydrogen-bond acceptors (Lipinski definition) is 5. The molecule has 7 nitrogen and oxygen atoms in total. The van der Waals surface area contributed by atoms with Gasteiger partial charge >= 0.3 is 5.97 Å². The van der Waals surface area contributed by atoms with E-state index in [1.807, 2.05) is 0 Å². The molecule has 8 heteroatoms. The van der Waals surface area contributed by atoms with Crippen LogP contribution in [0.25, 0.3) is 0 Å². The van der Waals surface area contributed by atoms with E-state index in [4.69, 9.17) is 0 Å². The van der Waals surface area contributed by atoms with Crippen molar-refractivity contribution in [3.63, 3.8) is 0 Å². The van der Waals surface area contributed by atoms with Crippen LogP contribution in [0, 0.1) is 0 Å². The molecule has 2 rings (SSSR count). The number of ether oxygens (including phenoxy) is 1. The second-order valence-corrected chi connectivity index (χ2v) is 8.14. The summed E-state index contributed by atoms with van der Waals surface area (Å²) in [5, 5.41) is 2.73. The predicted molar refractivity (Wildman–Crippen MR) is 97.0 cm³/mol. The molecule has 1 aliphatic carbocycles. The third kappa shape index (κ3) is 6.42. The molecule has 0 saturated heterocycles. The number of carbonyl (C=O) groups excluding carboxylic acids is 2. The van der Waals surface area contributed by atoms with Crippen molar-refractivity contribution in [2.75, 3.05) is 13.7 Å². The van der Waals surface area contributed by atoms with Crippen LogP contribution in [0.5, 0.6) is 0 Å². The van der Waals surface area contributed by atoms with Crippen molar-refractivity contribution < 1.29 is 22.7 Å². The number of hydrogen-bond donors (Lipinski definition) is 2. The van der Waals surface area contributed by atoms with Gasteiger partial charge in [-0.2, -0.15) is 0 Å². The first-order chi connectivity index (χ1) is 12.4. The molecular formula is C18H26N2O5S. The maximum Gasteiger partial charge on any atom is 0.306 e. The third-order valence-corrected chi connectivity index (χ3v) is 5.97. The fourth-order valence-corrected chi connectivity index (χ4v) is 4.22. The Hall–Kier alpha value is -1.93. The van der Waals surface area contributed by atoms with Crippen LogP contribution in [0.3, 0.4) is 0 Å². The number of sulfonamides is 1. The van der Waals surface area contributed by atoms with Gasteiger partial charge < -0.3 is 10.1 Å². The van der Waals surface area contributed by atoms with Crippen LogP contribution in [-0.4, -0.2) is 40.0 Å². The molecule has 144 valence electrons. The van der Waals surface area contributed by atoms with Crippen molar-refractivity contribution in [2.24, 2.45) is 0 Å². The van der Waals surface area contributed by atoms with Crippen molar-refractivity contribution in [1.29, 1.82) is 0 Å². The lowest BCUT2D eigenvalue weighted by molar-refractivity contribution is -0.142. The Morgan fingerprint density at radius 2 is 1.77 bits per heavy atom. The number of amides is 1. The van der Waals surface area contributed by atoms with E-state index in [2.05, 4.69) is 14.8 Å². The van der Waals surface area contributed by atoms with Crippen molar-refractivity contribution in [1.82, 2.24) is 10.0 Å². The van der Waals surface area contributed by atoms with Gasteiger partial charge in [-0.05, 0) is 37.0 Å². The first kappa shape index (κ1) is 20.4. The molecule has 26 heavy (non-hydrogen) atoms. The number of methoxy groups -OCH3 is 1. The molecule has 1 aromatic rings. The van der Waals surface area contributed by atoms with Crippen LogP contribution in [0.2, 0.25) is 0 Å². The second-order valence-electron chi connectivity index (χ2n) is 6.42. The van der Waals surface area contributed by atoms with E-state index in [1.165, 1.54) is 7.11 Å². The Morgan fingerprint density at radius 1 is 1.12 bits per heavy atom. The van der Waals surface area contributed by atoms with Crippen molar-refractivity contribution in [2.45, 2.75) is 55.9 Å². The molecule has 0 bridgehead atoms. The standard InChI is InChI=1S/C18H26N2O5S/c1-25-18(22)11-10-17(21)19-13-12-14-6-8-16(9-7-14)26(23,24)20-15-4-2-3-5-15/h6-9,15,20H,2-5,10-13H2,1H3,(H,19,21). The van der Waals surface area contributed by atoms with E-state index < -0.39 is 16.0 Å². The normalized spacial score (nSPS) is 15.0. The summed E-state index contributed by atoms with van der Waals surface area (Å²) in [4.78, 5) is 22.8. The fraction of sp³-hybridized carbons (Fsp3) is 0.556. The predicted octanol–water partition coefficient (Wildman–Crippen LogP) is 1.52. The lowest BCUT2D eigenvalue weighted by Gasteiger charge is -2.13. The molecule has 0 unspecified atom stereocenters. The van der Waals surface area contributed by atoms with Gasteiger partial charge in [0.15, 0.2) is 0 Å². The molecule has 1 aromatic carbocycles. The summed E-state index contributed by atoms with van der Waals surface area (Å²) in [7, 11) is -2.19. The second kappa shape index (κ2) is 9.68. The Bertz CT molecular complexity index is 710. The first-order valence-electron chi connectivity index (χ1n) is 8.85. The summed E-state index contributed by atoms with van der Waals surface area (Å²) in [5.41, 5.74) is 0.929. The van der Waals surface area contributed by atoms with Crippen molar-refractivity contribution in [3.8, 4) is 0 Å². The number of rotatable bonds is 9. The maximum absolute atomic E-state index is 12.3. The minimum Gasteiger partial charge on any atom is -0.469 e. The number of carbonyl (C=O) groups is 2. The summed E-state index contributed by atoms with van der Waals surface area (Å²) in [6.45, 7) is 0.423. The summed E-state index contributed by atoms with van der Waals surface area (Å²) >= 11 is 0. The van der Waals surface area contributed by atoms with Gasteiger partial charge in [0.1, 0.15) is 0 Å². The van der Waals surface area contributed by atoms with Crippen LogP contribution in [0.1, 0.15) is 44.1 Å². The zero-order valence-electron chi connectivity index (χ0n) is 15.0. The van der Waals surface area contributed by atoms with Crippen LogP contribution < -0.4 is 10.0 Å². The molecular weight excluding hydrogens is 356 g/mol. The number of esters is 1. The zero-order chi connectivity index (χ0) is 19.0. The molecule has 0 atom stereocenters. The summed E-state index contributed by atoms with van der Waals surface area (Å²) in [6, 6.07) is 6.73. The molecule has 0 radical (unpaired) electrons. The molecule has 2 N–H and O–H groups in total. The van der Waals surface area contributed by atoms with E-state index in [0.29, 0.717) is 13.0 Å². The van der Waals surface area contributed by atoms with E-state index in [-0.39, 0.29) is 29.7 Å². The van der Waals surface area contributed by atoms with E-state index in [9.17, 15) is 18.0 Å². The Morgan fingerprint density at radius 3 is 2.38 bits per heavy atom. The van der Waals surface area contributed by atoms with Crippen molar-refractivity contribution >= 4 is 21.9 Å². The van der Waals surface area contributed by atoms with Gasteiger partial charge in [-0.3, -0.25) is 9.59 Å². The zero-order valence-corrected chi connectivity index (χ0v) is 15.8. The van der Waals surface area contributed by atoms with E-state index in [0.717, 1.165) is 31.2 Å². The molecule has 0 aromatic heterocycles. The quantitative estimate of drug-likeness (QED) is 0.631. The smallest absolute Gasteiger partial charge is 0.306 e. The Labute approximate surface area is 154 Å². The maximum atomic E-state index is 12.3. The highest BCUT2D eigenvalue weighted by molar-refractivity contribution is 7.89. The van der Waals surface area contributed by atoms with Gasteiger partial charge in [-0.15, -0.1) is 0 Å². The van der Waals surface area contributed by atoms with Gasteiger partial charge in [-0.1, -0.05) is 25.0 Å². The molecule has 1 aliphatic rings. The largest absolute Gasteiger partial charge is 0.469 e. The Balaban J connectivity index is 1.78. The SMILES string of the molecule is COC(=O)CCC(=O)NCCc1ccc(S(=O)(=O)NC2CCCC2)cc1. The van der Waals surface area contributed by atoms with Gasteiger partial charge in [0.2, 0.25) is 15.9 Å². The lowest BCUT2D eigenvalue weighted by atomic mass is 10.1. The summed E-state index contributed by atoms with van der Waals surface area (Å²) in [5.74, 6) is -0.626. The lowest BCUT2D eigenvalue weighted by Crippen LogP contribution is -2.32. The minimum atomic E-state index is -3.48.